The SMILES string of the molecule is CC(O)CC(C)NCc1cc(Cl)cc(Cl)c1O. The zero-order chi connectivity index (χ0) is 13.0. The topological polar surface area (TPSA) is 52.5 Å². The van der Waals surface area contributed by atoms with Crippen molar-refractivity contribution in [3.63, 3.8) is 0 Å². The maximum atomic E-state index is 9.74. The van der Waals surface area contributed by atoms with Crippen molar-refractivity contribution in [2.24, 2.45) is 0 Å². The maximum Gasteiger partial charge on any atom is 0.138 e. The number of phenolic OH excluding ortho intramolecular Hbond substituents is 1. The zero-order valence-electron chi connectivity index (χ0n) is 9.87. The molecule has 0 amide bonds. The average molecular weight is 278 g/mol. The van der Waals surface area contributed by atoms with Gasteiger partial charge in [0.05, 0.1) is 11.1 Å². The van der Waals surface area contributed by atoms with Crippen molar-refractivity contribution in [3.8, 4) is 5.75 Å². The number of hydrogen-bond acceptors (Lipinski definition) is 3. The van der Waals surface area contributed by atoms with Crippen LogP contribution < -0.4 is 5.32 Å². The summed E-state index contributed by atoms with van der Waals surface area (Å²) in [6.45, 7) is 4.17. The Morgan fingerprint density at radius 2 is 1.94 bits per heavy atom. The van der Waals surface area contributed by atoms with Crippen LogP contribution in [0.3, 0.4) is 0 Å². The van der Waals surface area contributed by atoms with E-state index >= 15 is 0 Å². The van der Waals surface area contributed by atoms with Crippen LogP contribution >= 0.6 is 23.2 Å². The van der Waals surface area contributed by atoms with Crippen molar-refractivity contribution < 1.29 is 10.2 Å². The molecule has 3 nitrogen and oxygen atoms in total. The molecular weight excluding hydrogens is 261 g/mol. The fraction of sp³-hybridized carbons (Fsp3) is 0.500. The van der Waals surface area contributed by atoms with E-state index in [1.54, 1.807) is 13.0 Å². The second-order valence-electron chi connectivity index (χ2n) is 4.26. The number of aliphatic hydroxyl groups excluding tert-OH is 1. The van der Waals surface area contributed by atoms with E-state index < -0.39 is 0 Å². The third-order valence-electron chi connectivity index (χ3n) is 2.44. The summed E-state index contributed by atoms with van der Waals surface area (Å²) in [5.74, 6) is 0.0489. The number of halogens is 2. The van der Waals surface area contributed by atoms with Crippen molar-refractivity contribution in [3.05, 3.63) is 27.7 Å². The third kappa shape index (κ3) is 4.72. The van der Waals surface area contributed by atoms with Gasteiger partial charge in [-0.25, -0.2) is 0 Å². The molecule has 96 valence electrons. The summed E-state index contributed by atoms with van der Waals surface area (Å²) >= 11 is 11.7. The summed E-state index contributed by atoms with van der Waals surface area (Å²) in [5, 5.41) is 22.9. The lowest BCUT2D eigenvalue weighted by molar-refractivity contribution is 0.170. The fourth-order valence-electron chi connectivity index (χ4n) is 1.63. The van der Waals surface area contributed by atoms with Gasteiger partial charge in [0.1, 0.15) is 5.75 Å². The Kier molecular flexibility index (Phi) is 5.53. The minimum Gasteiger partial charge on any atom is -0.506 e. The second-order valence-corrected chi connectivity index (χ2v) is 5.11. The number of hydrogen-bond donors (Lipinski definition) is 3. The maximum absolute atomic E-state index is 9.74. The highest BCUT2D eigenvalue weighted by Crippen LogP contribution is 2.31. The largest absolute Gasteiger partial charge is 0.506 e. The Morgan fingerprint density at radius 3 is 2.53 bits per heavy atom. The molecule has 0 heterocycles. The molecule has 0 aliphatic heterocycles. The number of phenols is 1. The first-order chi connectivity index (χ1) is 7.90. The smallest absolute Gasteiger partial charge is 0.138 e. The minimum absolute atomic E-state index is 0.0489. The molecule has 0 aromatic heterocycles. The molecule has 0 radical (unpaired) electrons. The summed E-state index contributed by atoms with van der Waals surface area (Å²) < 4.78 is 0. The summed E-state index contributed by atoms with van der Waals surface area (Å²) in [7, 11) is 0. The molecular formula is C12H17Cl2NO2. The van der Waals surface area contributed by atoms with Crippen LogP contribution in [0.15, 0.2) is 12.1 Å². The van der Waals surface area contributed by atoms with Crippen LogP contribution in [0.5, 0.6) is 5.75 Å². The number of aliphatic hydroxyl groups is 1. The van der Waals surface area contributed by atoms with E-state index in [2.05, 4.69) is 5.32 Å². The molecule has 3 N–H and O–H groups in total. The molecule has 1 aromatic carbocycles. The van der Waals surface area contributed by atoms with Crippen molar-refractivity contribution in [1.82, 2.24) is 5.32 Å². The fourth-order valence-corrected chi connectivity index (χ4v) is 2.17. The quantitative estimate of drug-likeness (QED) is 0.776. The van der Waals surface area contributed by atoms with Gasteiger partial charge in [-0.1, -0.05) is 23.2 Å². The standard InChI is InChI=1S/C12H17Cl2NO2/c1-7(3-8(2)16)15-6-9-4-10(13)5-11(14)12(9)17/h4-5,7-8,15-17H,3,6H2,1-2H3. The van der Waals surface area contributed by atoms with E-state index in [4.69, 9.17) is 23.2 Å². The summed E-state index contributed by atoms with van der Waals surface area (Å²) in [6, 6.07) is 3.32. The first kappa shape index (κ1) is 14.6. The number of aromatic hydroxyl groups is 1. The number of nitrogens with one attached hydrogen (secondary N) is 1. The van der Waals surface area contributed by atoms with Crippen LogP contribution in [0.4, 0.5) is 0 Å². The van der Waals surface area contributed by atoms with E-state index in [0.717, 1.165) is 0 Å². The van der Waals surface area contributed by atoms with Crippen molar-refractivity contribution >= 4 is 23.2 Å². The van der Waals surface area contributed by atoms with Crippen LogP contribution in [0.1, 0.15) is 25.8 Å². The lowest BCUT2D eigenvalue weighted by atomic mass is 10.1. The van der Waals surface area contributed by atoms with E-state index in [9.17, 15) is 10.2 Å². The monoisotopic (exact) mass is 277 g/mol. The Bertz CT molecular complexity index is 383. The molecule has 0 fully saturated rings. The molecule has 17 heavy (non-hydrogen) atoms. The number of rotatable bonds is 5. The molecule has 0 bridgehead atoms. The van der Waals surface area contributed by atoms with Gasteiger partial charge in [-0.2, -0.15) is 0 Å². The van der Waals surface area contributed by atoms with E-state index in [1.165, 1.54) is 6.07 Å². The molecule has 0 saturated heterocycles. The molecule has 5 heteroatoms. The van der Waals surface area contributed by atoms with Crippen LogP contribution in [0.25, 0.3) is 0 Å². The van der Waals surface area contributed by atoms with Gasteiger partial charge in [-0.15, -0.1) is 0 Å². The van der Waals surface area contributed by atoms with Gasteiger partial charge in [-0.05, 0) is 32.4 Å². The van der Waals surface area contributed by atoms with Gasteiger partial charge >= 0.3 is 0 Å². The lowest BCUT2D eigenvalue weighted by Crippen LogP contribution is -2.28. The Balaban J connectivity index is 2.63. The first-order valence-electron chi connectivity index (χ1n) is 5.48. The van der Waals surface area contributed by atoms with Gasteiger partial charge in [-0.3, -0.25) is 0 Å². The van der Waals surface area contributed by atoms with Gasteiger partial charge in [0.15, 0.2) is 0 Å². The number of benzene rings is 1. The molecule has 0 aliphatic carbocycles. The van der Waals surface area contributed by atoms with E-state index in [0.29, 0.717) is 23.6 Å². The van der Waals surface area contributed by atoms with Crippen LogP contribution in [0, 0.1) is 0 Å². The molecule has 1 aromatic rings. The Morgan fingerprint density at radius 1 is 1.29 bits per heavy atom. The van der Waals surface area contributed by atoms with Gasteiger partial charge in [0, 0.05) is 23.2 Å². The highest BCUT2D eigenvalue weighted by atomic mass is 35.5. The Hall–Kier alpha value is -0.480. The van der Waals surface area contributed by atoms with Gasteiger partial charge in [0.2, 0.25) is 0 Å². The summed E-state index contributed by atoms with van der Waals surface area (Å²) in [6.07, 6.45) is 0.295. The van der Waals surface area contributed by atoms with Crippen LogP contribution in [-0.2, 0) is 6.54 Å². The van der Waals surface area contributed by atoms with E-state index in [-0.39, 0.29) is 22.9 Å². The predicted octanol–water partition coefficient (Wildman–Crippen LogP) is 2.95. The summed E-state index contributed by atoms with van der Waals surface area (Å²) in [5.41, 5.74) is 0.653. The van der Waals surface area contributed by atoms with E-state index in [1.807, 2.05) is 6.92 Å². The minimum atomic E-state index is -0.353. The molecule has 0 aliphatic rings. The Labute approximate surface area is 111 Å². The lowest BCUT2D eigenvalue weighted by Gasteiger charge is -2.16. The average Bonchev–Trinajstić information content (AvgIpc) is 2.20. The molecule has 0 saturated carbocycles. The molecule has 1 rings (SSSR count). The highest BCUT2D eigenvalue weighted by molar-refractivity contribution is 6.35. The second kappa shape index (κ2) is 6.45. The first-order valence-corrected chi connectivity index (χ1v) is 6.24. The normalized spacial score (nSPS) is 14.6. The van der Waals surface area contributed by atoms with Crippen LogP contribution in [0.2, 0.25) is 10.0 Å². The predicted molar refractivity (Wildman–Crippen MR) is 70.7 cm³/mol. The van der Waals surface area contributed by atoms with Crippen LogP contribution in [-0.4, -0.2) is 22.4 Å². The van der Waals surface area contributed by atoms with Crippen molar-refractivity contribution in [2.45, 2.75) is 39.0 Å². The third-order valence-corrected chi connectivity index (χ3v) is 2.95. The zero-order valence-corrected chi connectivity index (χ0v) is 11.4. The van der Waals surface area contributed by atoms with Crippen molar-refractivity contribution in [1.29, 1.82) is 0 Å². The highest BCUT2D eigenvalue weighted by Gasteiger charge is 2.10. The summed E-state index contributed by atoms with van der Waals surface area (Å²) in [4.78, 5) is 0. The van der Waals surface area contributed by atoms with Crippen molar-refractivity contribution in [2.75, 3.05) is 0 Å². The van der Waals surface area contributed by atoms with Gasteiger partial charge < -0.3 is 15.5 Å². The molecule has 2 unspecified atom stereocenters. The molecule has 0 spiro atoms. The van der Waals surface area contributed by atoms with Gasteiger partial charge in [0.25, 0.3) is 0 Å². The molecule has 2 atom stereocenters.